The van der Waals surface area contributed by atoms with Crippen molar-refractivity contribution in [3.05, 3.63) is 42.0 Å². The van der Waals surface area contributed by atoms with E-state index in [1.54, 1.807) is 6.20 Å². The molecule has 2 rings (SSSR count). The van der Waals surface area contributed by atoms with Crippen LogP contribution in [0.5, 0.6) is 0 Å². The SMILES string of the molecule is CCn1cccc1CNCc1ccno1. The number of nitrogens with one attached hydrogen (secondary N) is 1. The van der Waals surface area contributed by atoms with Gasteiger partial charge in [0, 0.05) is 31.0 Å². The Morgan fingerprint density at radius 2 is 2.33 bits per heavy atom. The molecule has 0 unspecified atom stereocenters. The van der Waals surface area contributed by atoms with Crippen molar-refractivity contribution in [2.45, 2.75) is 26.6 Å². The van der Waals surface area contributed by atoms with Crippen LogP contribution >= 0.6 is 0 Å². The van der Waals surface area contributed by atoms with Crippen molar-refractivity contribution in [3.8, 4) is 0 Å². The highest BCUT2D eigenvalue weighted by atomic mass is 16.5. The highest BCUT2D eigenvalue weighted by Crippen LogP contribution is 2.02. The maximum Gasteiger partial charge on any atom is 0.150 e. The van der Waals surface area contributed by atoms with Crippen LogP contribution in [0.15, 0.2) is 35.1 Å². The van der Waals surface area contributed by atoms with Gasteiger partial charge in [-0.15, -0.1) is 0 Å². The highest BCUT2D eigenvalue weighted by Gasteiger charge is 2.00. The fraction of sp³-hybridized carbons (Fsp3) is 0.364. The molecule has 0 spiro atoms. The summed E-state index contributed by atoms with van der Waals surface area (Å²) in [4.78, 5) is 0. The summed E-state index contributed by atoms with van der Waals surface area (Å²) in [7, 11) is 0. The van der Waals surface area contributed by atoms with Crippen molar-refractivity contribution < 1.29 is 4.52 Å². The van der Waals surface area contributed by atoms with Gasteiger partial charge in [-0.05, 0) is 19.1 Å². The molecule has 4 heteroatoms. The largest absolute Gasteiger partial charge is 0.360 e. The Morgan fingerprint density at radius 1 is 1.40 bits per heavy atom. The fourth-order valence-electron chi connectivity index (χ4n) is 1.57. The van der Waals surface area contributed by atoms with Crippen molar-refractivity contribution in [3.63, 3.8) is 0 Å². The normalized spacial score (nSPS) is 10.7. The molecule has 0 aliphatic rings. The van der Waals surface area contributed by atoms with Crippen LogP contribution < -0.4 is 5.32 Å². The minimum Gasteiger partial charge on any atom is -0.360 e. The van der Waals surface area contributed by atoms with Gasteiger partial charge < -0.3 is 14.4 Å². The van der Waals surface area contributed by atoms with Crippen molar-refractivity contribution in [2.24, 2.45) is 0 Å². The molecule has 0 saturated carbocycles. The third-order valence-corrected chi connectivity index (χ3v) is 2.36. The number of hydrogen-bond acceptors (Lipinski definition) is 3. The van der Waals surface area contributed by atoms with Gasteiger partial charge in [-0.1, -0.05) is 5.16 Å². The molecular formula is C11H15N3O. The standard InChI is InChI=1S/C11H15N3O/c1-2-14-7-3-4-10(14)8-12-9-11-5-6-13-15-11/h3-7,12H,2,8-9H2,1H3. The molecule has 2 heterocycles. The average molecular weight is 205 g/mol. The summed E-state index contributed by atoms with van der Waals surface area (Å²) in [6.45, 7) is 4.71. The zero-order valence-electron chi connectivity index (χ0n) is 8.81. The second-order valence-electron chi connectivity index (χ2n) is 3.37. The molecule has 0 fully saturated rings. The van der Waals surface area contributed by atoms with E-state index < -0.39 is 0 Å². The highest BCUT2D eigenvalue weighted by molar-refractivity contribution is 5.07. The van der Waals surface area contributed by atoms with Gasteiger partial charge in [-0.25, -0.2) is 0 Å². The second kappa shape index (κ2) is 4.79. The number of aromatic nitrogens is 2. The van der Waals surface area contributed by atoms with Crippen molar-refractivity contribution >= 4 is 0 Å². The van der Waals surface area contributed by atoms with Crippen molar-refractivity contribution in [1.29, 1.82) is 0 Å². The molecule has 0 amide bonds. The number of hydrogen-bond donors (Lipinski definition) is 1. The van der Waals surface area contributed by atoms with Gasteiger partial charge in [-0.3, -0.25) is 0 Å². The van der Waals surface area contributed by atoms with Crippen LogP contribution in [0.2, 0.25) is 0 Å². The monoisotopic (exact) mass is 205 g/mol. The van der Waals surface area contributed by atoms with E-state index in [1.807, 2.05) is 6.07 Å². The lowest BCUT2D eigenvalue weighted by molar-refractivity contribution is 0.372. The first-order valence-corrected chi connectivity index (χ1v) is 5.14. The topological polar surface area (TPSA) is 43.0 Å². The third-order valence-electron chi connectivity index (χ3n) is 2.36. The number of rotatable bonds is 5. The summed E-state index contributed by atoms with van der Waals surface area (Å²) in [6, 6.07) is 6.05. The van der Waals surface area contributed by atoms with Gasteiger partial charge in [0.15, 0.2) is 0 Å². The van der Waals surface area contributed by atoms with E-state index in [0.29, 0.717) is 0 Å². The smallest absolute Gasteiger partial charge is 0.150 e. The first kappa shape index (κ1) is 9.98. The number of nitrogens with zero attached hydrogens (tertiary/aromatic N) is 2. The van der Waals surface area contributed by atoms with Crippen LogP contribution in [-0.2, 0) is 19.6 Å². The molecule has 0 aliphatic carbocycles. The minimum absolute atomic E-state index is 0.717. The van der Waals surface area contributed by atoms with Gasteiger partial charge >= 0.3 is 0 Å². The quantitative estimate of drug-likeness (QED) is 0.809. The molecule has 0 aliphatic heterocycles. The molecule has 0 radical (unpaired) electrons. The van der Waals surface area contributed by atoms with Crippen LogP contribution in [0.25, 0.3) is 0 Å². The van der Waals surface area contributed by atoms with E-state index >= 15 is 0 Å². The molecule has 0 bridgehead atoms. The zero-order valence-corrected chi connectivity index (χ0v) is 8.81. The summed E-state index contributed by atoms with van der Waals surface area (Å²) >= 11 is 0. The van der Waals surface area contributed by atoms with Crippen molar-refractivity contribution in [2.75, 3.05) is 0 Å². The van der Waals surface area contributed by atoms with E-state index in [1.165, 1.54) is 5.69 Å². The van der Waals surface area contributed by atoms with E-state index in [2.05, 4.69) is 40.3 Å². The van der Waals surface area contributed by atoms with Crippen LogP contribution in [0.1, 0.15) is 18.4 Å². The first-order chi connectivity index (χ1) is 7.40. The fourth-order valence-corrected chi connectivity index (χ4v) is 1.57. The Hall–Kier alpha value is -1.55. The van der Waals surface area contributed by atoms with E-state index in [0.717, 1.165) is 25.4 Å². The predicted octanol–water partition coefficient (Wildman–Crippen LogP) is 1.79. The summed E-state index contributed by atoms with van der Waals surface area (Å²) in [5, 5.41) is 6.96. The summed E-state index contributed by atoms with van der Waals surface area (Å²) in [5.74, 6) is 0.865. The van der Waals surface area contributed by atoms with Crippen molar-refractivity contribution in [1.82, 2.24) is 15.0 Å². The van der Waals surface area contributed by atoms with Gasteiger partial charge in [0.2, 0.25) is 0 Å². The van der Waals surface area contributed by atoms with Crippen LogP contribution in [0, 0.1) is 0 Å². The summed E-state index contributed by atoms with van der Waals surface area (Å²) in [5.41, 5.74) is 1.29. The molecule has 4 nitrogen and oxygen atoms in total. The first-order valence-electron chi connectivity index (χ1n) is 5.14. The lowest BCUT2D eigenvalue weighted by Gasteiger charge is -2.06. The average Bonchev–Trinajstić information content (AvgIpc) is 2.88. The Bertz CT molecular complexity index is 392. The molecule has 0 aromatic carbocycles. The van der Waals surface area contributed by atoms with Gasteiger partial charge in [0.1, 0.15) is 5.76 Å². The molecule has 2 aromatic heterocycles. The summed E-state index contributed by atoms with van der Waals surface area (Å²) < 4.78 is 7.21. The van der Waals surface area contributed by atoms with E-state index in [4.69, 9.17) is 4.52 Å². The molecule has 1 N–H and O–H groups in total. The third kappa shape index (κ3) is 2.47. The zero-order chi connectivity index (χ0) is 10.5. The molecule has 80 valence electrons. The van der Waals surface area contributed by atoms with Crippen LogP contribution in [-0.4, -0.2) is 9.72 Å². The van der Waals surface area contributed by atoms with Crippen LogP contribution in [0.3, 0.4) is 0 Å². The molecule has 0 saturated heterocycles. The molecule has 2 aromatic rings. The van der Waals surface area contributed by atoms with Crippen LogP contribution in [0.4, 0.5) is 0 Å². The Labute approximate surface area is 88.9 Å². The molecule has 0 atom stereocenters. The Kier molecular flexibility index (Phi) is 3.19. The van der Waals surface area contributed by atoms with Gasteiger partial charge in [0.25, 0.3) is 0 Å². The lowest BCUT2D eigenvalue weighted by Crippen LogP contribution is -2.15. The maximum atomic E-state index is 4.99. The molecule has 15 heavy (non-hydrogen) atoms. The minimum atomic E-state index is 0.717. The summed E-state index contributed by atoms with van der Waals surface area (Å²) in [6.07, 6.45) is 3.75. The lowest BCUT2D eigenvalue weighted by atomic mass is 10.4. The van der Waals surface area contributed by atoms with E-state index in [-0.39, 0.29) is 0 Å². The predicted molar refractivity (Wildman–Crippen MR) is 57.2 cm³/mol. The Morgan fingerprint density at radius 3 is 3.07 bits per heavy atom. The maximum absolute atomic E-state index is 4.99. The number of aryl methyl sites for hydroxylation is 1. The molecular weight excluding hydrogens is 190 g/mol. The van der Waals surface area contributed by atoms with Gasteiger partial charge in [-0.2, -0.15) is 0 Å². The van der Waals surface area contributed by atoms with E-state index in [9.17, 15) is 0 Å². The Balaban J connectivity index is 1.83. The second-order valence-corrected chi connectivity index (χ2v) is 3.37. The van der Waals surface area contributed by atoms with Gasteiger partial charge in [0.05, 0.1) is 12.7 Å².